The van der Waals surface area contributed by atoms with Crippen LogP contribution < -0.4 is 10.6 Å². The molecule has 1 aliphatic carbocycles. The van der Waals surface area contributed by atoms with Gasteiger partial charge in [-0.1, -0.05) is 0 Å². The number of rotatable bonds is 1. The fourth-order valence-electron chi connectivity index (χ4n) is 4.51. The van der Waals surface area contributed by atoms with E-state index in [0.29, 0.717) is 0 Å². The zero-order valence-electron chi connectivity index (χ0n) is 16.0. The maximum atomic E-state index is 12.9. The second kappa shape index (κ2) is 6.15. The molecule has 146 valence electrons. The number of anilines is 1. The zero-order chi connectivity index (χ0) is 19.6. The fourth-order valence-corrected chi connectivity index (χ4v) is 6.53. The van der Waals surface area contributed by atoms with E-state index in [1.54, 1.807) is 0 Å². The molecule has 1 saturated carbocycles. The third kappa shape index (κ3) is 2.56. The summed E-state index contributed by atoms with van der Waals surface area (Å²) >= 11 is -0.168. The molecule has 1 amide bonds. The minimum atomic E-state index is -0.328. The van der Waals surface area contributed by atoms with Crippen LogP contribution in [0, 0.1) is 6.92 Å². The van der Waals surface area contributed by atoms with Crippen molar-refractivity contribution in [3.63, 3.8) is 0 Å². The van der Waals surface area contributed by atoms with E-state index in [2.05, 4.69) is 15.7 Å². The third-order valence-corrected chi connectivity index (χ3v) is 8.18. The van der Waals surface area contributed by atoms with Gasteiger partial charge in [0.2, 0.25) is 0 Å². The van der Waals surface area contributed by atoms with E-state index >= 15 is 0 Å². The van der Waals surface area contributed by atoms with Crippen LogP contribution in [-0.2, 0) is 0 Å². The van der Waals surface area contributed by atoms with Gasteiger partial charge in [-0.2, -0.15) is 0 Å². The predicted molar refractivity (Wildman–Crippen MR) is 113 cm³/mol. The number of nitrogens with zero attached hydrogens (tertiary/aromatic N) is 4. The number of hydrogen-bond donors (Lipinski definition) is 2. The standard InChI is InChI=1S/C21H20N6OSe/c1-12-14-18(27(26-12)13-8-4-2-5-9-13)23-20-16(22-14)15-17(29-20)19(28)25-21(24-15)10-6-3-7-11-21/h2,4-5,8-9,24H,3,6-7,10-11H2,1H3,(H,25,28). The predicted octanol–water partition coefficient (Wildman–Crippen LogP) is 3.15. The fraction of sp³-hybridized carbons (Fsp3) is 0.333. The van der Waals surface area contributed by atoms with Crippen molar-refractivity contribution in [2.24, 2.45) is 0 Å². The van der Waals surface area contributed by atoms with Crippen LogP contribution in [0.3, 0.4) is 0 Å². The van der Waals surface area contributed by atoms with Crippen molar-refractivity contribution in [2.45, 2.75) is 44.7 Å². The molecule has 1 fully saturated rings. The SMILES string of the molecule is Cc1nn(-c2ccccc2)c2nc3[se]c4c(c3nc12)NC1(CCCCC1)NC4=O. The Morgan fingerprint density at radius 3 is 2.62 bits per heavy atom. The van der Waals surface area contributed by atoms with Crippen molar-refractivity contribution in [2.75, 3.05) is 5.32 Å². The monoisotopic (exact) mass is 452 g/mol. The summed E-state index contributed by atoms with van der Waals surface area (Å²) in [4.78, 5) is 22.9. The molecule has 0 atom stereocenters. The minimum absolute atomic E-state index is 0.0471. The number of carbonyl (C=O) groups excluding carboxylic acids is 1. The van der Waals surface area contributed by atoms with Crippen molar-refractivity contribution in [1.82, 2.24) is 25.1 Å². The van der Waals surface area contributed by atoms with Gasteiger partial charge in [0.05, 0.1) is 0 Å². The van der Waals surface area contributed by atoms with Gasteiger partial charge < -0.3 is 0 Å². The number of nitrogens with one attached hydrogen (secondary N) is 2. The number of fused-ring (bicyclic) bond motifs is 4. The van der Waals surface area contributed by atoms with Gasteiger partial charge in [0.25, 0.3) is 0 Å². The van der Waals surface area contributed by atoms with Crippen LogP contribution in [0.2, 0.25) is 0 Å². The average molecular weight is 451 g/mol. The first kappa shape index (κ1) is 17.2. The van der Waals surface area contributed by atoms with E-state index in [0.717, 1.165) is 68.3 Å². The van der Waals surface area contributed by atoms with Gasteiger partial charge in [0.15, 0.2) is 0 Å². The van der Waals surface area contributed by atoms with Crippen LogP contribution in [0.4, 0.5) is 5.69 Å². The first-order chi connectivity index (χ1) is 14.1. The average Bonchev–Trinajstić information content (AvgIpc) is 3.26. The summed E-state index contributed by atoms with van der Waals surface area (Å²) in [5, 5.41) is 11.6. The van der Waals surface area contributed by atoms with Gasteiger partial charge >= 0.3 is 173 Å². The van der Waals surface area contributed by atoms with Crippen LogP contribution in [-0.4, -0.2) is 45.8 Å². The topological polar surface area (TPSA) is 84.7 Å². The molecule has 0 saturated heterocycles. The van der Waals surface area contributed by atoms with E-state index < -0.39 is 0 Å². The first-order valence-electron chi connectivity index (χ1n) is 10.00. The number of para-hydroxylation sites is 1. The molecular weight excluding hydrogens is 431 g/mol. The summed E-state index contributed by atoms with van der Waals surface area (Å²) in [6, 6.07) is 9.98. The summed E-state index contributed by atoms with van der Waals surface area (Å²) in [6.45, 7) is 1.96. The van der Waals surface area contributed by atoms with Crippen LogP contribution in [0.5, 0.6) is 0 Å². The second-order valence-corrected chi connectivity index (χ2v) is 10.0. The molecule has 29 heavy (non-hydrogen) atoms. The van der Waals surface area contributed by atoms with Crippen molar-refractivity contribution in [3.05, 3.63) is 40.5 Å². The molecule has 4 heterocycles. The molecule has 0 radical (unpaired) electrons. The van der Waals surface area contributed by atoms with E-state index in [4.69, 9.17) is 9.97 Å². The molecule has 4 aromatic rings. The van der Waals surface area contributed by atoms with E-state index in [1.807, 2.05) is 41.9 Å². The molecule has 2 N–H and O–H groups in total. The van der Waals surface area contributed by atoms with Gasteiger partial charge in [-0.3, -0.25) is 0 Å². The van der Waals surface area contributed by atoms with Crippen LogP contribution in [0.25, 0.3) is 26.8 Å². The van der Waals surface area contributed by atoms with Crippen molar-refractivity contribution >= 4 is 47.2 Å². The van der Waals surface area contributed by atoms with Crippen LogP contribution in [0.1, 0.15) is 47.0 Å². The number of carbonyl (C=O) groups is 1. The summed E-state index contributed by atoms with van der Waals surface area (Å²) in [6.07, 6.45) is 5.39. The van der Waals surface area contributed by atoms with Crippen molar-refractivity contribution in [1.29, 1.82) is 0 Å². The molecule has 2 aliphatic rings. The molecule has 3 aromatic heterocycles. The second-order valence-electron chi connectivity index (χ2n) is 7.91. The van der Waals surface area contributed by atoms with E-state index in [1.165, 1.54) is 6.42 Å². The molecule has 1 spiro atoms. The van der Waals surface area contributed by atoms with Crippen LogP contribution >= 0.6 is 0 Å². The number of hydrogen-bond acceptors (Lipinski definition) is 5. The van der Waals surface area contributed by atoms with Crippen LogP contribution in [0.15, 0.2) is 30.3 Å². The molecule has 1 aliphatic heterocycles. The molecular formula is C21H20N6OSe. The normalized spacial score (nSPS) is 18.0. The van der Waals surface area contributed by atoms with E-state index in [9.17, 15) is 4.79 Å². The summed E-state index contributed by atoms with van der Waals surface area (Å²) in [5.74, 6) is 0.0471. The zero-order valence-corrected chi connectivity index (χ0v) is 17.7. The summed E-state index contributed by atoms with van der Waals surface area (Å²) in [5.41, 5.74) is 4.75. The Hall–Kier alpha value is -2.70. The Kier molecular flexibility index (Phi) is 3.64. The van der Waals surface area contributed by atoms with Gasteiger partial charge in [0, 0.05) is 0 Å². The van der Waals surface area contributed by atoms with Gasteiger partial charge in [-0.15, -0.1) is 0 Å². The summed E-state index contributed by atoms with van der Waals surface area (Å²) in [7, 11) is 0. The van der Waals surface area contributed by atoms with E-state index in [-0.39, 0.29) is 26.1 Å². The van der Waals surface area contributed by atoms with Gasteiger partial charge in [-0.05, 0) is 0 Å². The molecule has 1 aromatic carbocycles. The quantitative estimate of drug-likeness (QED) is 0.435. The number of benzene rings is 1. The number of amides is 1. The molecule has 6 rings (SSSR count). The Labute approximate surface area is 173 Å². The molecule has 0 unspecified atom stereocenters. The maximum absolute atomic E-state index is 12.9. The molecule has 8 heteroatoms. The molecule has 7 nitrogen and oxygen atoms in total. The number of aryl methyl sites for hydroxylation is 1. The first-order valence-corrected chi connectivity index (χ1v) is 11.7. The number of aromatic nitrogens is 4. The Morgan fingerprint density at radius 2 is 1.83 bits per heavy atom. The third-order valence-electron chi connectivity index (χ3n) is 5.93. The Morgan fingerprint density at radius 1 is 1.03 bits per heavy atom. The molecule has 0 bridgehead atoms. The Bertz CT molecular complexity index is 1270. The van der Waals surface area contributed by atoms with Gasteiger partial charge in [-0.25, -0.2) is 0 Å². The Balaban J connectivity index is 1.56. The van der Waals surface area contributed by atoms with Crippen molar-refractivity contribution < 1.29 is 4.79 Å². The summed E-state index contributed by atoms with van der Waals surface area (Å²) < 4.78 is 3.57. The van der Waals surface area contributed by atoms with Crippen molar-refractivity contribution in [3.8, 4) is 5.69 Å². The van der Waals surface area contributed by atoms with Gasteiger partial charge in [0.1, 0.15) is 0 Å².